The van der Waals surface area contributed by atoms with Gasteiger partial charge in [-0.05, 0) is 61.1 Å². The Morgan fingerprint density at radius 2 is 1.60 bits per heavy atom. The number of amides is 3. The van der Waals surface area contributed by atoms with E-state index in [1.165, 1.54) is 24.3 Å². The number of carbonyl (C=O) groups excluding carboxylic acids is 3. The quantitative estimate of drug-likeness (QED) is 0.421. The average molecular weight is 488 g/mol. The lowest BCUT2D eigenvalue weighted by Gasteiger charge is -2.27. The van der Waals surface area contributed by atoms with Crippen LogP contribution in [0, 0.1) is 6.92 Å². The molecule has 0 saturated carbocycles. The normalized spacial score (nSPS) is 13.6. The fourth-order valence-corrected chi connectivity index (χ4v) is 5.39. The molecule has 4 rings (SSSR count). The molecule has 0 atom stereocenters. The average Bonchev–Trinajstić information content (AvgIpc) is 3.19. The van der Waals surface area contributed by atoms with Crippen LogP contribution in [-0.4, -0.2) is 35.7 Å². The number of hydrogen-bond donors (Lipinski definition) is 2. The molecular weight excluding hydrogens is 458 g/mol. The van der Waals surface area contributed by atoms with Crippen molar-refractivity contribution < 1.29 is 14.4 Å². The maximum atomic E-state index is 13.5. The molecule has 0 spiro atoms. The molecule has 0 bridgehead atoms. The van der Waals surface area contributed by atoms with Gasteiger partial charge in [0, 0.05) is 36.7 Å². The van der Waals surface area contributed by atoms with E-state index in [9.17, 15) is 14.4 Å². The third kappa shape index (κ3) is 6.05. The van der Waals surface area contributed by atoms with Crippen molar-refractivity contribution >= 4 is 45.8 Å². The number of hydrogen-bond acceptors (Lipinski definition) is 4. The second-order valence-electron chi connectivity index (χ2n) is 8.60. The van der Waals surface area contributed by atoms with Gasteiger partial charge in [0.1, 0.15) is 5.00 Å². The van der Waals surface area contributed by atoms with E-state index in [1.54, 1.807) is 18.2 Å². The number of benzene rings is 2. The highest BCUT2D eigenvalue weighted by atomic mass is 32.1. The Morgan fingerprint density at radius 1 is 0.914 bits per heavy atom. The fourth-order valence-electron chi connectivity index (χ4n) is 4.19. The summed E-state index contributed by atoms with van der Waals surface area (Å²) in [6.07, 6.45) is 6.32. The van der Waals surface area contributed by atoms with E-state index in [1.807, 2.05) is 54.3 Å². The van der Waals surface area contributed by atoms with Crippen LogP contribution in [0.2, 0.25) is 0 Å². The number of carbonyl (C=O) groups is 3. The van der Waals surface area contributed by atoms with Crippen LogP contribution in [0.5, 0.6) is 0 Å². The molecule has 0 unspecified atom stereocenters. The highest BCUT2D eigenvalue weighted by Gasteiger charge is 2.27. The van der Waals surface area contributed by atoms with Crippen LogP contribution in [0.15, 0.2) is 60.7 Å². The lowest BCUT2D eigenvalue weighted by atomic mass is 10.0. The Kier molecular flexibility index (Phi) is 7.77. The highest BCUT2D eigenvalue weighted by molar-refractivity contribution is 7.20. The van der Waals surface area contributed by atoms with Crippen LogP contribution in [0.4, 0.5) is 10.7 Å². The first kappa shape index (κ1) is 24.4. The molecule has 1 aliphatic heterocycles. The van der Waals surface area contributed by atoms with Crippen LogP contribution in [0.1, 0.15) is 47.7 Å². The molecule has 1 aromatic heterocycles. The van der Waals surface area contributed by atoms with Gasteiger partial charge in [-0.3, -0.25) is 14.4 Å². The second kappa shape index (κ2) is 11.1. The molecule has 180 valence electrons. The van der Waals surface area contributed by atoms with Gasteiger partial charge >= 0.3 is 0 Å². The van der Waals surface area contributed by atoms with Crippen molar-refractivity contribution in [1.29, 1.82) is 0 Å². The first-order valence-corrected chi connectivity index (χ1v) is 12.6. The zero-order chi connectivity index (χ0) is 24.8. The summed E-state index contributed by atoms with van der Waals surface area (Å²) in [7, 11) is 0. The highest BCUT2D eigenvalue weighted by Crippen LogP contribution is 2.40. The topological polar surface area (TPSA) is 78.5 Å². The lowest BCUT2D eigenvalue weighted by molar-refractivity contribution is -0.114. The Balaban J connectivity index is 1.57. The van der Waals surface area contributed by atoms with Gasteiger partial charge in [0.2, 0.25) is 11.8 Å². The molecular formula is C28H29N3O3S. The molecule has 6 nitrogen and oxygen atoms in total. The zero-order valence-electron chi connectivity index (χ0n) is 20.0. The minimum absolute atomic E-state index is 0.0199. The van der Waals surface area contributed by atoms with E-state index in [0.29, 0.717) is 16.3 Å². The summed E-state index contributed by atoms with van der Waals surface area (Å²) < 4.78 is 0. The smallest absolute Gasteiger partial charge is 0.257 e. The molecule has 0 radical (unpaired) electrons. The van der Waals surface area contributed by atoms with Crippen molar-refractivity contribution in [1.82, 2.24) is 4.90 Å². The summed E-state index contributed by atoms with van der Waals surface area (Å²) >= 11 is 1.44. The third-order valence-corrected chi connectivity index (χ3v) is 7.19. The number of rotatable bonds is 6. The molecule has 2 heterocycles. The summed E-state index contributed by atoms with van der Waals surface area (Å²) in [4.78, 5) is 40.4. The predicted octanol–water partition coefficient (Wildman–Crippen LogP) is 5.96. The van der Waals surface area contributed by atoms with Gasteiger partial charge in [0.15, 0.2) is 0 Å². The maximum Gasteiger partial charge on any atom is 0.257 e. The van der Waals surface area contributed by atoms with Crippen LogP contribution in [0.3, 0.4) is 0 Å². The van der Waals surface area contributed by atoms with Gasteiger partial charge in [-0.1, -0.05) is 42.5 Å². The van der Waals surface area contributed by atoms with Crippen LogP contribution in [-0.2, 0) is 9.59 Å². The van der Waals surface area contributed by atoms with E-state index in [4.69, 9.17) is 0 Å². The first-order valence-electron chi connectivity index (χ1n) is 11.8. The minimum atomic E-state index is -0.301. The molecule has 7 heteroatoms. The Hall–Kier alpha value is -3.71. The number of nitrogens with zero attached hydrogens (tertiary/aromatic N) is 1. The van der Waals surface area contributed by atoms with E-state index in [2.05, 4.69) is 10.6 Å². The van der Waals surface area contributed by atoms with E-state index in [0.717, 1.165) is 53.9 Å². The summed E-state index contributed by atoms with van der Waals surface area (Å²) in [5.74, 6) is -0.457. The van der Waals surface area contributed by atoms with Crippen molar-refractivity contribution in [3.8, 4) is 10.4 Å². The number of thiophene rings is 1. The van der Waals surface area contributed by atoms with Crippen LogP contribution >= 0.6 is 11.3 Å². The van der Waals surface area contributed by atoms with Crippen molar-refractivity contribution in [3.63, 3.8) is 0 Å². The van der Waals surface area contributed by atoms with Gasteiger partial charge in [-0.25, -0.2) is 0 Å². The Labute approximate surface area is 209 Å². The number of nitrogens with one attached hydrogen (secondary N) is 2. The van der Waals surface area contributed by atoms with Crippen molar-refractivity contribution in [2.75, 3.05) is 23.7 Å². The summed E-state index contributed by atoms with van der Waals surface area (Å²) in [6, 6.07) is 17.1. The summed E-state index contributed by atoms with van der Waals surface area (Å²) in [6.45, 7) is 4.91. The van der Waals surface area contributed by atoms with Gasteiger partial charge in [-0.2, -0.15) is 0 Å². The molecule has 2 aromatic carbocycles. The molecule has 35 heavy (non-hydrogen) atoms. The SMILES string of the molecule is CC(=O)Nc1ccc(/C=C/C(=O)Nc2sc(-c3ccccc3)c(C)c2C(=O)N2CCCCC2)cc1. The summed E-state index contributed by atoms with van der Waals surface area (Å²) in [5.41, 5.74) is 4.02. The minimum Gasteiger partial charge on any atom is -0.339 e. The van der Waals surface area contributed by atoms with E-state index >= 15 is 0 Å². The molecule has 2 N–H and O–H groups in total. The number of anilines is 2. The largest absolute Gasteiger partial charge is 0.339 e. The van der Waals surface area contributed by atoms with Crippen molar-refractivity contribution in [2.24, 2.45) is 0 Å². The molecule has 0 aliphatic carbocycles. The molecule has 1 saturated heterocycles. The van der Waals surface area contributed by atoms with Crippen LogP contribution < -0.4 is 10.6 Å². The Bertz CT molecular complexity index is 1240. The van der Waals surface area contributed by atoms with Crippen molar-refractivity contribution in [2.45, 2.75) is 33.1 Å². The first-order chi connectivity index (χ1) is 16.9. The van der Waals surface area contributed by atoms with E-state index in [-0.39, 0.29) is 17.7 Å². The predicted molar refractivity (Wildman–Crippen MR) is 143 cm³/mol. The van der Waals surface area contributed by atoms with E-state index < -0.39 is 0 Å². The molecule has 3 amide bonds. The fraction of sp³-hybridized carbons (Fsp3) is 0.250. The van der Waals surface area contributed by atoms with Gasteiger partial charge < -0.3 is 15.5 Å². The van der Waals surface area contributed by atoms with Gasteiger partial charge in [0.25, 0.3) is 5.91 Å². The zero-order valence-corrected chi connectivity index (χ0v) is 20.8. The number of piperidine rings is 1. The molecule has 1 aliphatic rings. The maximum absolute atomic E-state index is 13.5. The molecule has 1 fully saturated rings. The third-order valence-electron chi connectivity index (χ3n) is 5.93. The summed E-state index contributed by atoms with van der Waals surface area (Å²) in [5, 5.41) is 6.25. The molecule has 3 aromatic rings. The lowest BCUT2D eigenvalue weighted by Crippen LogP contribution is -2.36. The standard InChI is InChI=1S/C28H29N3O3S/c1-19-25(28(34)31-17-7-4-8-18-31)27(35-26(19)22-9-5-3-6-10-22)30-24(33)16-13-21-11-14-23(15-12-21)29-20(2)32/h3,5-6,9-16H,4,7-8,17-18H2,1-2H3,(H,29,32)(H,30,33)/b16-13+. The Morgan fingerprint density at radius 3 is 2.26 bits per heavy atom. The van der Waals surface area contributed by atoms with Gasteiger partial charge in [-0.15, -0.1) is 11.3 Å². The van der Waals surface area contributed by atoms with Crippen LogP contribution in [0.25, 0.3) is 16.5 Å². The number of likely N-dealkylation sites (tertiary alicyclic amines) is 1. The second-order valence-corrected chi connectivity index (χ2v) is 9.63. The van der Waals surface area contributed by atoms with Gasteiger partial charge in [0.05, 0.1) is 5.56 Å². The van der Waals surface area contributed by atoms with Crippen molar-refractivity contribution in [3.05, 3.63) is 77.4 Å². The monoisotopic (exact) mass is 487 g/mol.